The first-order valence-corrected chi connectivity index (χ1v) is 5.43. The number of aliphatic hydroxyl groups excluding tert-OH is 1. The fourth-order valence-electron chi connectivity index (χ4n) is 1.90. The molecule has 1 saturated heterocycles. The molecule has 1 atom stereocenters. The molecule has 0 bridgehead atoms. The predicted molar refractivity (Wildman–Crippen MR) is 56.7 cm³/mol. The molecule has 2 heterocycles. The van der Waals surface area contributed by atoms with Crippen LogP contribution in [-0.2, 0) is 6.18 Å². The molecule has 1 unspecified atom stereocenters. The lowest BCUT2D eigenvalue weighted by Crippen LogP contribution is -2.38. The van der Waals surface area contributed by atoms with Crippen LogP contribution in [0.4, 0.5) is 19.0 Å². The molecule has 3 nitrogen and oxygen atoms in total. The first-order chi connectivity index (χ1) is 7.97. The summed E-state index contributed by atoms with van der Waals surface area (Å²) in [6.45, 7) is 1.15. The number of pyridine rings is 1. The number of hydrogen-bond donors (Lipinski definition) is 1. The molecule has 6 heteroatoms. The molecule has 0 spiro atoms. The minimum absolute atomic E-state index is 0.423. The van der Waals surface area contributed by atoms with Crippen molar-refractivity contribution in [3.63, 3.8) is 0 Å². The van der Waals surface area contributed by atoms with Crippen molar-refractivity contribution in [3.05, 3.63) is 23.9 Å². The van der Waals surface area contributed by atoms with Gasteiger partial charge in [-0.15, -0.1) is 0 Å². The molecule has 1 aromatic rings. The van der Waals surface area contributed by atoms with Gasteiger partial charge >= 0.3 is 6.18 Å². The van der Waals surface area contributed by atoms with Crippen LogP contribution in [-0.4, -0.2) is 29.3 Å². The average Bonchev–Trinajstić information content (AvgIpc) is 2.28. The second-order valence-corrected chi connectivity index (χ2v) is 4.14. The molecule has 0 saturated carbocycles. The highest BCUT2D eigenvalue weighted by molar-refractivity contribution is 5.40. The van der Waals surface area contributed by atoms with E-state index in [1.54, 1.807) is 4.90 Å². The number of β-amino-alcohol motifs (C(OH)–C–C–N with tert-alkyl or cyclic N) is 1. The van der Waals surface area contributed by atoms with Crippen molar-refractivity contribution < 1.29 is 18.3 Å². The maximum atomic E-state index is 12.3. The zero-order valence-corrected chi connectivity index (χ0v) is 9.11. The number of aliphatic hydroxyl groups is 1. The van der Waals surface area contributed by atoms with E-state index in [4.69, 9.17) is 0 Å². The summed E-state index contributed by atoms with van der Waals surface area (Å²) in [6, 6.07) is 2.37. The number of aromatic nitrogens is 1. The minimum Gasteiger partial charge on any atom is -0.391 e. The molecule has 1 aliphatic heterocycles. The van der Waals surface area contributed by atoms with Crippen LogP contribution >= 0.6 is 0 Å². The van der Waals surface area contributed by atoms with Gasteiger partial charge in [-0.05, 0) is 25.0 Å². The van der Waals surface area contributed by atoms with Gasteiger partial charge in [-0.2, -0.15) is 13.2 Å². The number of hydrogen-bond acceptors (Lipinski definition) is 3. The molecular formula is C11H13F3N2O. The third kappa shape index (κ3) is 2.88. The van der Waals surface area contributed by atoms with E-state index < -0.39 is 17.8 Å². The Bertz CT molecular complexity index is 377. The maximum absolute atomic E-state index is 12.3. The quantitative estimate of drug-likeness (QED) is 0.824. The van der Waals surface area contributed by atoms with E-state index in [1.807, 2.05) is 0 Å². The highest BCUT2D eigenvalue weighted by atomic mass is 19.4. The van der Waals surface area contributed by atoms with E-state index in [2.05, 4.69) is 4.98 Å². The Morgan fingerprint density at radius 1 is 1.35 bits per heavy atom. The molecule has 1 aromatic heterocycles. The Morgan fingerprint density at radius 2 is 2.12 bits per heavy atom. The van der Waals surface area contributed by atoms with Crippen molar-refractivity contribution in [2.45, 2.75) is 25.1 Å². The van der Waals surface area contributed by atoms with Crippen molar-refractivity contribution in [2.75, 3.05) is 18.0 Å². The monoisotopic (exact) mass is 246 g/mol. The lowest BCUT2D eigenvalue weighted by atomic mass is 10.1. The largest absolute Gasteiger partial charge is 0.417 e. The lowest BCUT2D eigenvalue weighted by Gasteiger charge is -2.31. The van der Waals surface area contributed by atoms with E-state index >= 15 is 0 Å². The number of rotatable bonds is 1. The van der Waals surface area contributed by atoms with E-state index in [0.29, 0.717) is 12.4 Å². The summed E-state index contributed by atoms with van der Waals surface area (Å²) in [7, 11) is 0. The third-order valence-electron chi connectivity index (χ3n) is 2.80. The lowest BCUT2D eigenvalue weighted by molar-refractivity contribution is -0.137. The Morgan fingerprint density at radius 3 is 2.65 bits per heavy atom. The fourth-order valence-corrected chi connectivity index (χ4v) is 1.90. The number of halogens is 3. The van der Waals surface area contributed by atoms with Gasteiger partial charge in [0, 0.05) is 19.3 Å². The van der Waals surface area contributed by atoms with Crippen molar-refractivity contribution in [3.8, 4) is 0 Å². The molecule has 1 fully saturated rings. The zero-order valence-electron chi connectivity index (χ0n) is 9.11. The highest BCUT2D eigenvalue weighted by Gasteiger charge is 2.31. The maximum Gasteiger partial charge on any atom is 0.417 e. The second-order valence-electron chi connectivity index (χ2n) is 4.14. The van der Waals surface area contributed by atoms with Crippen molar-refractivity contribution in [1.29, 1.82) is 0 Å². The summed E-state index contributed by atoms with van der Waals surface area (Å²) in [6.07, 6.45) is -2.39. The van der Waals surface area contributed by atoms with Gasteiger partial charge in [0.1, 0.15) is 5.82 Å². The van der Waals surface area contributed by atoms with Gasteiger partial charge in [-0.1, -0.05) is 0 Å². The minimum atomic E-state index is -4.35. The van der Waals surface area contributed by atoms with Gasteiger partial charge in [0.2, 0.25) is 0 Å². The molecular weight excluding hydrogens is 233 g/mol. The summed E-state index contributed by atoms with van der Waals surface area (Å²) >= 11 is 0. The molecule has 2 rings (SSSR count). The van der Waals surface area contributed by atoms with Crippen LogP contribution in [0.15, 0.2) is 18.3 Å². The topological polar surface area (TPSA) is 36.4 Å². The number of piperidine rings is 1. The standard InChI is InChI=1S/C11H13F3N2O/c12-11(13,14)8-3-4-10(15-6-8)16-5-1-2-9(17)7-16/h3-4,6,9,17H,1-2,5,7H2. The van der Waals surface area contributed by atoms with Gasteiger partial charge in [0.05, 0.1) is 11.7 Å². The van der Waals surface area contributed by atoms with E-state index in [9.17, 15) is 18.3 Å². The molecule has 94 valence electrons. The smallest absolute Gasteiger partial charge is 0.391 e. The summed E-state index contributed by atoms with van der Waals surface area (Å²) in [5.74, 6) is 0.483. The molecule has 0 aromatic carbocycles. The summed E-state index contributed by atoms with van der Waals surface area (Å²) < 4.78 is 37.0. The van der Waals surface area contributed by atoms with Crippen LogP contribution in [0.25, 0.3) is 0 Å². The SMILES string of the molecule is OC1CCCN(c2ccc(C(F)(F)F)cn2)C1. The molecule has 0 aliphatic carbocycles. The fraction of sp³-hybridized carbons (Fsp3) is 0.545. The highest BCUT2D eigenvalue weighted by Crippen LogP contribution is 2.29. The molecule has 0 radical (unpaired) electrons. The van der Waals surface area contributed by atoms with Crippen LogP contribution in [0.3, 0.4) is 0 Å². The molecule has 17 heavy (non-hydrogen) atoms. The van der Waals surface area contributed by atoms with Crippen molar-refractivity contribution >= 4 is 5.82 Å². The van der Waals surface area contributed by atoms with E-state index in [-0.39, 0.29) is 0 Å². The van der Waals surface area contributed by atoms with Crippen molar-refractivity contribution in [1.82, 2.24) is 4.98 Å². The van der Waals surface area contributed by atoms with Crippen molar-refractivity contribution in [2.24, 2.45) is 0 Å². The first-order valence-electron chi connectivity index (χ1n) is 5.43. The first kappa shape index (κ1) is 12.2. The van der Waals surface area contributed by atoms with E-state index in [0.717, 1.165) is 31.6 Å². The number of nitrogens with zero attached hydrogens (tertiary/aromatic N) is 2. The molecule has 1 N–H and O–H groups in total. The Hall–Kier alpha value is -1.30. The van der Waals surface area contributed by atoms with Crippen LogP contribution in [0.1, 0.15) is 18.4 Å². The van der Waals surface area contributed by atoms with Crippen LogP contribution in [0, 0.1) is 0 Å². The Kier molecular flexibility index (Phi) is 3.24. The van der Waals surface area contributed by atoms with Gasteiger partial charge in [-0.3, -0.25) is 0 Å². The van der Waals surface area contributed by atoms with Gasteiger partial charge in [0.15, 0.2) is 0 Å². The number of anilines is 1. The average molecular weight is 246 g/mol. The second kappa shape index (κ2) is 4.52. The van der Waals surface area contributed by atoms with Gasteiger partial charge in [0.25, 0.3) is 0 Å². The summed E-state index contributed by atoms with van der Waals surface area (Å²) in [4.78, 5) is 5.60. The number of alkyl halides is 3. The summed E-state index contributed by atoms with van der Waals surface area (Å²) in [5.41, 5.74) is -0.751. The molecule has 0 amide bonds. The Labute approximate surface area is 96.9 Å². The van der Waals surface area contributed by atoms with Crippen LogP contribution in [0.2, 0.25) is 0 Å². The zero-order chi connectivity index (χ0) is 12.5. The molecule has 1 aliphatic rings. The van der Waals surface area contributed by atoms with Crippen LogP contribution in [0.5, 0.6) is 0 Å². The third-order valence-corrected chi connectivity index (χ3v) is 2.80. The van der Waals surface area contributed by atoms with Gasteiger partial charge < -0.3 is 10.0 Å². The van der Waals surface area contributed by atoms with Gasteiger partial charge in [-0.25, -0.2) is 4.98 Å². The predicted octanol–water partition coefficient (Wildman–Crippen LogP) is 2.06. The Balaban J connectivity index is 2.12. The van der Waals surface area contributed by atoms with E-state index in [1.165, 1.54) is 6.07 Å². The summed E-state index contributed by atoms with van der Waals surface area (Å²) in [5, 5.41) is 9.48. The normalized spacial score (nSPS) is 21.6. The van der Waals surface area contributed by atoms with Crippen LogP contribution < -0.4 is 4.90 Å².